The van der Waals surface area contributed by atoms with Crippen molar-refractivity contribution in [3.8, 4) is 0 Å². The number of ether oxygens (including phenoxy) is 1. The molecule has 0 bridgehead atoms. The van der Waals surface area contributed by atoms with Gasteiger partial charge in [-0.25, -0.2) is 4.98 Å². The predicted octanol–water partition coefficient (Wildman–Crippen LogP) is 3.76. The zero-order valence-corrected chi connectivity index (χ0v) is 21.7. The van der Waals surface area contributed by atoms with Gasteiger partial charge in [0.1, 0.15) is 0 Å². The molecule has 29 heavy (non-hydrogen) atoms. The summed E-state index contributed by atoms with van der Waals surface area (Å²) >= 11 is 1.79. The number of aliphatic imine (C=N–C) groups is 1. The van der Waals surface area contributed by atoms with Gasteiger partial charge < -0.3 is 15.4 Å². The molecular weight excluding hydrogens is 497 g/mol. The van der Waals surface area contributed by atoms with Crippen LogP contribution in [0, 0.1) is 11.8 Å². The van der Waals surface area contributed by atoms with Gasteiger partial charge in [0, 0.05) is 45.3 Å². The molecular formula is C21H40IN5OS. The fraction of sp³-hybridized carbons (Fsp3) is 0.810. The smallest absolute Gasteiger partial charge is 0.190 e. The highest BCUT2D eigenvalue weighted by atomic mass is 127. The first-order valence-electron chi connectivity index (χ1n) is 10.8. The van der Waals surface area contributed by atoms with Crippen molar-refractivity contribution in [2.45, 2.75) is 53.0 Å². The third kappa shape index (κ3) is 10.9. The molecule has 1 aliphatic rings. The number of nitrogens with zero attached hydrogens (tertiary/aromatic N) is 3. The van der Waals surface area contributed by atoms with Gasteiger partial charge in [0.25, 0.3) is 0 Å². The lowest BCUT2D eigenvalue weighted by atomic mass is 9.97. The Labute approximate surface area is 198 Å². The second kappa shape index (κ2) is 15.4. The van der Waals surface area contributed by atoms with Crippen LogP contribution in [0.15, 0.2) is 10.4 Å². The number of aryl methyl sites for hydroxylation is 1. The summed E-state index contributed by atoms with van der Waals surface area (Å²) in [4.78, 5) is 11.6. The Morgan fingerprint density at radius 3 is 2.72 bits per heavy atom. The second-order valence-corrected chi connectivity index (χ2v) is 8.95. The highest BCUT2D eigenvalue weighted by molar-refractivity contribution is 14.0. The van der Waals surface area contributed by atoms with Gasteiger partial charge in [-0.1, -0.05) is 20.8 Å². The summed E-state index contributed by atoms with van der Waals surface area (Å²) in [5.74, 6) is 2.22. The van der Waals surface area contributed by atoms with Crippen LogP contribution in [-0.2, 0) is 17.7 Å². The van der Waals surface area contributed by atoms with E-state index in [1.807, 2.05) is 7.05 Å². The summed E-state index contributed by atoms with van der Waals surface area (Å²) < 4.78 is 5.62. The van der Waals surface area contributed by atoms with Gasteiger partial charge in [-0.2, -0.15) is 0 Å². The van der Waals surface area contributed by atoms with Crippen LogP contribution in [-0.4, -0.2) is 62.3 Å². The lowest BCUT2D eigenvalue weighted by Gasteiger charge is -2.31. The molecule has 2 rings (SSSR count). The number of thiazole rings is 1. The van der Waals surface area contributed by atoms with Crippen LogP contribution in [0.5, 0.6) is 0 Å². The van der Waals surface area contributed by atoms with E-state index in [1.165, 1.54) is 23.5 Å². The van der Waals surface area contributed by atoms with E-state index in [0.29, 0.717) is 11.8 Å². The van der Waals surface area contributed by atoms with E-state index >= 15 is 0 Å². The summed E-state index contributed by atoms with van der Waals surface area (Å²) in [7, 11) is 1.84. The number of rotatable bonds is 11. The predicted molar refractivity (Wildman–Crippen MR) is 135 cm³/mol. The first kappa shape index (κ1) is 26.6. The van der Waals surface area contributed by atoms with Crippen LogP contribution in [0.25, 0.3) is 0 Å². The zero-order valence-electron chi connectivity index (χ0n) is 18.6. The van der Waals surface area contributed by atoms with Crippen molar-refractivity contribution in [1.82, 2.24) is 20.5 Å². The zero-order chi connectivity index (χ0) is 20.2. The number of hydrogen-bond donors (Lipinski definition) is 2. The van der Waals surface area contributed by atoms with Gasteiger partial charge in [-0.3, -0.25) is 9.89 Å². The summed E-state index contributed by atoms with van der Waals surface area (Å²) in [6, 6.07) is 0. The Morgan fingerprint density at radius 2 is 2.10 bits per heavy atom. The molecule has 1 saturated heterocycles. The number of piperidine rings is 1. The van der Waals surface area contributed by atoms with Crippen LogP contribution in [0.3, 0.4) is 0 Å². The highest BCUT2D eigenvalue weighted by Crippen LogP contribution is 2.19. The molecule has 0 unspecified atom stereocenters. The van der Waals surface area contributed by atoms with E-state index in [2.05, 4.69) is 46.7 Å². The quantitative estimate of drug-likeness (QED) is 0.195. The number of likely N-dealkylation sites (tertiary alicyclic amines) is 1. The summed E-state index contributed by atoms with van der Waals surface area (Å²) in [6.07, 6.45) is 4.51. The number of halogens is 1. The molecule has 8 heteroatoms. The van der Waals surface area contributed by atoms with Gasteiger partial charge in [-0.05, 0) is 50.6 Å². The molecule has 2 heterocycles. The average Bonchev–Trinajstić information content (AvgIpc) is 3.15. The fourth-order valence-corrected chi connectivity index (χ4v) is 4.06. The molecule has 1 aliphatic heterocycles. The third-order valence-electron chi connectivity index (χ3n) is 4.99. The van der Waals surface area contributed by atoms with E-state index < -0.39 is 0 Å². The molecule has 6 nitrogen and oxygen atoms in total. The first-order valence-corrected chi connectivity index (χ1v) is 11.7. The monoisotopic (exact) mass is 537 g/mol. The van der Waals surface area contributed by atoms with Crippen molar-refractivity contribution in [3.05, 3.63) is 16.1 Å². The van der Waals surface area contributed by atoms with Crippen LogP contribution >= 0.6 is 35.3 Å². The molecule has 0 spiro atoms. The Balaban J connectivity index is 0.00000420. The van der Waals surface area contributed by atoms with Crippen molar-refractivity contribution in [2.75, 3.05) is 46.4 Å². The van der Waals surface area contributed by atoms with Crippen LogP contribution in [0.2, 0.25) is 0 Å². The normalized spacial score (nSPS) is 16.1. The van der Waals surface area contributed by atoms with Gasteiger partial charge >= 0.3 is 0 Å². The molecule has 0 saturated carbocycles. The SMILES string of the molecule is CCc1nc(CN2CCC(CNC(=NC)NCCCOCC(C)C)CC2)cs1.I. The number of nitrogens with one attached hydrogen (secondary N) is 2. The molecule has 0 atom stereocenters. The van der Waals surface area contributed by atoms with Gasteiger partial charge in [0.05, 0.1) is 10.7 Å². The maximum absolute atomic E-state index is 5.62. The average molecular weight is 538 g/mol. The van der Waals surface area contributed by atoms with E-state index in [1.54, 1.807) is 11.3 Å². The van der Waals surface area contributed by atoms with E-state index in [4.69, 9.17) is 9.72 Å². The maximum atomic E-state index is 5.62. The Bertz CT molecular complexity index is 573. The molecule has 0 radical (unpaired) electrons. The molecule has 2 N–H and O–H groups in total. The molecule has 168 valence electrons. The number of aromatic nitrogens is 1. The Kier molecular flexibility index (Phi) is 14.1. The summed E-state index contributed by atoms with van der Waals surface area (Å²) in [6.45, 7) is 13.4. The Hall–Kier alpha value is -0.450. The van der Waals surface area contributed by atoms with Crippen molar-refractivity contribution in [1.29, 1.82) is 0 Å². The van der Waals surface area contributed by atoms with E-state index in [9.17, 15) is 0 Å². The van der Waals surface area contributed by atoms with Gasteiger partial charge in [0.15, 0.2) is 5.96 Å². The number of hydrogen-bond acceptors (Lipinski definition) is 5. The van der Waals surface area contributed by atoms with Crippen molar-refractivity contribution < 1.29 is 4.74 Å². The van der Waals surface area contributed by atoms with Crippen molar-refractivity contribution >= 4 is 41.3 Å². The summed E-state index contributed by atoms with van der Waals surface area (Å²) in [5.41, 5.74) is 1.24. The molecule has 0 amide bonds. The van der Waals surface area contributed by atoms with Crippen LogP contribution in [0.4, 0.5) is 0 Å². The van der Waals surface area contributed by atoms with E-state index in [0.717, 1.165) is 64.7 Å². The maximum Gasteiger partial charge on any atom is 0.190 e. The highest BCUT2D eigenvalue weighted by Gasteiger charge is 2.20. The molecule has 1 aromatic heterocycles. The van der Waals surface area contributed by atoms with E-state index in [-0.39, 0.29) is 24.0 Å². The van der Waals surface area contributed by atoms with Crippen LogP contribution in [0.1, 0.15) is 50.7 Å². The minimum atomic E-state index is 0. The third-order valence-corrected chi connectivity index (χ3v) is 6.03. The fourth-order valence-electron chi connectivity index (χ4n) is 3.32. The van der Waals surface area contributed by atoms with Crippen molar-refractivity contribution in [3.63, 3.8) is 0 Å². The van der Waals surface area contributed by atoms with Gasteiger partial charge in [-0.15, -0.1) is 35.3 Å². The lowest BCUT2D eigenvalue weighted by molar-refractivity contribution is 0.108. The standard InChI is InChI=1S/C21H39N5OS.HI/c1-5-20-25-19(16-28-20)14-26-10-7-18(8-11-26)13-24-21(22-4)23-9-6-12-27-15-17(2)3;/h16-18H,5-15H2,1-4H3,(H2,22,23,24);1H. The molecule has 0 aliphatic carbocycles. The minimum Gasteiger partial charge on any atom is -0.381 e. The molecule has 0 aromatic carbocycles. The second-order valence-electron chi connectivity index (χ2n) is 8.01. The Morgan fingerprint density at radius 1 is 1.34 bits per heavy atom. The van der Waals surface area contributed by atoms with Crippen molar-refractivity contribution in [2.24, 2.45) is 16.8 Å². The van der Waals surface area contributed by atoms with Crippen LogP contribution < -0.4 is 10.6 Å². The largest absolute Gasteiger partial charge is 0.381 e. The molecule has 1 aromatic rings. The minimum absolute atomic E-state index is 0. The first-order chi connectivity index (χ1) is 13.6. The lowest BCUT2D eigenvalue weighted by Crippen LogP contribution is -2.43. The van der Waals surface area contributed by atoms with Gasteiger partial charge in [0.2, 0.25) is 0 Å². The number of guanidine groups is 1. The topological polar surface area (TPSA) is 61.8 Å². The molecule has 1 fully saturated rings. The summed E-state index contributed by atoms with van der Waals surface area (Å²) in [5, 5.41) is 10.3.